The van der Waals surface area contributed by atoms with Gasteiger partial charge in [0, 0.05) is 19.6 Å². The molecule has 0 unspecified atom stereocenters. The van der Waals surface area contributed by atoms with Crippen LogP contribution in [0.25, 0.3) is 0 Å². The number of ether oxygens (including phenoxy) is 1. The molecule has 1 aliphatic rings. The Balaban J connectivity index is 1.77. The van der Waals surface area contributed by atoms with E-state index in [1.165, 1.54) is 0 Å². The molecule has 2 N–H and O–H groups in total. The maximum absolute atomic E-state index is 12.2. The van der Waals surface area contributed by atoms with Crippen LogP contribution in [0.1, 0.15) is 38.2 Å². The third kappa shape index (κ3) is 5.44. The Bertz CT molecular complexity index is 554. The van der Waals surface area contributed by atoms with Crippen molar-refractivity contribution in [3.8, 4) is 5.75 Å². The molecule has 0 atom stereocenters. The van der Waals surface area contributed by atoms with Crippen molar-refractivity contribution in [3.63, 3.8) is 0 Å². The van der Waals surface area contributed by atoms with Crippen molar-refractivity contribution >= 4 is 12.0 Å². The number of carbonyl (C=O) groups is 2. The monoisotopic (exact) mass is 334 g/mol. The highest BCUT2D eigenvalue weighted by Gasteiger charge is 2.26. The number of urea groups is 1. The Morgan fingerprint density at radius 1 is 1.33 bits per heavy atom. The quantitative estimate of drug-likeness (QED) is 0.752. The van der Waals surface area contributed by atoms with Gasteiger partial charge in [-0.15, -0.1) is 0 Å². The summed E-state index contributed by atoms with van der Waals surface area (Å²) in [5.74, 6) is -0.279. The molecule has 1 aromatic carbocycles. The number of nitrogens with zero attached hydrogens (tertiary/aromatic N) is 1. The van der Waals surface area contributed by atoms with Crippen LogP contribution >= 0.6 is 0 Å². The molecule has 132 valence electrons. The van der Waals surface area contributed by atoms with Crippen molar-refractivity contribution in [2.45, 2.75) is 39.2 Å². The molecule has 0 aromatic heterocycles. The minimum absolute atomic E-state index is 0.142. The first kappa shape index (κ1) is 18.1. The second-order valence-corrected chi connectivity index (χ2v) is 6.11. The molecule has 0 radical (unpaired) electrons. The molecule has 0 spiro atoms. The van der Waals surface area contributed by atoms with Crippen LogP contribution in [0, 0.1) is 5.92 Å². The smallest absolute Gasteiger partial charge is 0.317 e. The lowest BCUT2D eigenvalue weighted by atomic mass is 9.97. The summed E-state index contributed by atoms with van der Waals surface area (Å²) in [6.07, 6.45) is 3.15. The van der Waals surface area contributed by atoms with E-state index in [-0.39, 0.29) is 11.9 Å². The van der Waals surface area contributed by atoms with Crippen LogP contribution in [-0.4, -0.2) is 41.7 Å². The van der Waals surface area contributed by atoms with Gasteiger partial charge in [-0.05, 0) is 37.0 Å². The van der Waals surface area contributed by atoms with E-state index in [4.69, 9.17) is 9.84 Å². The second kappa shape index (κ2) is 9.15. The van der Waals surface area contributed by atoms with Gasteiger partial charge in [0.1, 0.15) is 5.75 Å². The van der Waals surface area contributed by atoms with E-state index in [0.717, 1.165) is 24.2 Å². The number of unbranched alkanes of at least 4 members (excludes halogenated alkanes) is 1. The average molecular weight is 334 g/mol. The summed E-state index contributed by atoms with van der Waals surface area (Å²) in [7, 11) is 0. The van der Waals surface area contributed by atoms with Crippen molar-refractivity contribution in [3.05, 3.63) is 29.8 Å². The molecular weight excluding hydrogens is 308 g/mol. The maximum atomic E-state index is 12.2. The Kier molecular flexibility index (Phi) is 6.90. The van der Waals surface area contributed by atoms with E-state index >= 15 is 0 Å². The van der Waals surface area contributed by atoms with Crippen LogP contribution in [0.3, 0.4) is 0 Å². The maximum Gasteiger partial charge on any atom is 0.317 e. The normalized spacial score (nSPS) is 15.1. The first-order valence-corrected chi connectivity index (χ1v) is 8.57. The molecule has 1 aromatic rings. The number of piperidine rings is 1. The van der Waals surface area contributed by atoms with Crippen LogP contribution in [0.5, 0.6) is 5.75 Å². The second-order valence-electron chi connectivity index (χ2n) is 6.11. The van der Waals surface area contributed by atoms with Crippen molar-refractivity contribution in [1.82, 2.24) is 10.2 Å². The van der Waals surface area contributed by atoms with Crippen LogP contribution in [0.4, 0.5) is 4.79 Å². The average Bonchev–Trinajstić information content (AvgIpc) is 2.60. The van der Waals surface area contributed by atoms with E-state index in [2.05, 4.69) is 12.2 Å². The third-order valence-electron chi connectivity index (χ3n) is 4.24. The summed E-state index contributed by atoms with van der Waals surface area (Å²) < 4.78 is 5.67. The number of likely N-dealkylation sites (tertiary alicyclic amines) is 1. The van der Waals surface area contributed by atoms with Crippen LogP contribution in [0.2, 0.25) is 0 Å². The lowest BCUT2D eigenvalue weighted by Gasteiger charge is -2.30. The number of carboxylic acid groups (broad SMARTS) is 1. The molecule has 1 heterocycles. The summed E-state index contributed by atoms with van der Waals surface area (Å²) in [6.45, 7) is 4.23. The number of amides is 2. The minimum Gasteiger partial charge on any atom is -0.494 e. The SMILES string of the molecule is CCCCOc1cccc(CNC(=O)N2CCC(C(=O)O)CC2)c1. The fraction of sp³-hybridized carbons (Fsp3) is 0.556. The fourth-order valence-corrected chi connectivity index (χ4v) is 2.70. The van der Waals surface area contributed by atoms with Gasteiger partial charge >= 0.3 is 12.0 Å². The Morgan fingerprint density at radius 3 is 2.75 bits per heavy atom. The molecule has 0 bridgehead atoms. The van der Waals surface area contributed by atoms with Gasteiger partial charge in [0.25, 0.3) is 0 Å². The van der Waals surface area contributed by atoms with E-state index < -0.39 is 5.97 Å². The van der Waals surface area contributed by atoms with Crippen LogP contribution < -0.4 is 10.1 Å². The molecule has 0 saturated carbocycles. The molecule has 0 aliphatic carbocycles. The van der Waals surface area contributed by atoms with E-state index in [9.17, 15) is 9.59 Å². The van der Waals surface area contributed by atoms with Gasteiger partial charge in [0.05, 0.1) is 12.5 Å². The Morgan fingerprint density at radius 2 is 2.08 bits per heavy atom. The largest absolute Gasteiger partial charge is 0.494 e. The van der Waals surface area contributed by atoms with Crippen molar-refractivity contribution in [2.75, 3.05) is 19.7 Å². The summed E-state index contributed by atoms with van der Waals surface area (Å²) in [4.78, 5) is 24.8. The zero-order valence-corrected chi connectivity index (χ0v) is 14.2. The summed E-state index contributed by atoms with van der Waals surface area (Å²) >= 11 is 0. The first-order valence-electron chi connectivity index (χ1n) is 8.57. The molecule has 2 rings (SSSR count). The molecule has 6 nitrogen and oxygen atoms in total. The Labute approximate surface area is 142 Å². The lowest BCUT2D eigenvalue weighted by molar-refractivity contribution is -0.143. The van der Waals surface area contributed by atoms with Gasteiger partial charge in [-0.1, -0.05) is 25.5 Å². The zero-order chi connectivity index (χ0) is 17.4. The number of carboxylic acids is 1. The van der Waals surface area contributed by atoms with Crippen molar-refractivity contribution in [1.29, 1.82) is 0 Å². The van der Waals surface area contributed by atoms with Gasteiger partial charge in [0.2, 0.25) is 0 Å². The van der Waals surface area contributed by atoms with E-state index in [1.807, 2.05) is 24.3 Å². The van der Waals surface area contributed by atoms with Crippen molar-refractivity contribution in [2.24, 2.45) is 5.92 Å². The van der Waals surface area contributed by atoms with E-state index in [1.54, 1.807) is 4.90 Å². The zero-order valence-electron chi connectivity index (χ0n) is 14.2. The fourth-order valence-electron chi connectivity index (χ4n) is 2.70. The summed E-state index contributed by atoms with van der Waals surface area (Å²) in [5, 5.41) is 11.9. The van der Waals surface area contributed by atoms with Gasteiger partial charge in [-0.2, -0.15) is 0 Å². The highest BCUT2D eigenvalue weighted by Crippen LogP contribution is 2.18. The van der Waals surface area contributed by atoms with Crippen LogP contribution in [-0.2, 0) is 11.3 Å². The number of aliphatic carboxylic acids is 1. The number of hydrogen-bond acceptors (Lipinski definition) is 3. The highest BCUT2D eigenvalue weighted by atomic mass is 16.5. The molecule has 24 heavy (non-hydrogen) atoms. The topological polar surface area (TPSA) is 78.9 Å². The Hall–Kier alpha value is -2.24. The minimum atomic E-state index is -0.769. The number of carbonyl (C=O) groups excluding carboxylic acids is 1. The van der Waals surface area contributed by atoms with Gasteiger partial charge < -0.3 is 20.1 Å². The summed E-state index contributed by atoms with van der Waals surface area (Å²) in [5.41, 5.74) is 0.984. The third-order valence-corrected chi connectivity index (χ3v) is 4.24. The number of hydrogen-bond donors (Lipinski definition) is 2. The highest BCUT2D eigenvalue weighted by molar-refractivity contribution is 5.75. The number of nitrogens with one attached hydrogen (secondary N) is 1. The van der Waals surface area contributed by atoms with Crippen LogP contribution in [0.15, 0.2) is 24.3 Å². The predicted molar refractivity (Wildman–Crippen MR) is 91.0 cm³/mol. The standard InChI is InChI=1S/C18H26N2O4/c1-2-3-11-24-16-6-4-5-14(12-16)13-19-18(23)20-9-7-15(8-10-20)17(21)22/h4-6,12,15H,2-3,7-11,13H2,1H3,(H,19,23)(H,21,22). The van der Waals surface area contributed by atoms with Gasteiger partial charge in [-0.3, -0.25) is 4.79 Å². The molecular formula is C18H26N2O4. The van der Waals surface area contributed by atoms with E-state index in [0.29, 0.717) is 39.1 Å². The molecule has 1 aliphatic heterocycles. The number of benzene rings is 1. The number of rotatable bonds is 7. The molecule has 2 amide bonds. The lowest BCUT2D eigenvalue weighted by Crippen LogP contribution is -2.45. The molecule has 6 heteroatoms. The predicted octanol–water partition coefficient (Wildman–Crippen LogP) is 2.87. The summed E-state index contributed by atoms with van der Waals surface area (Å²) in [6, 6.07) is 7.57. The van der Waals surface area contributed by atoms with Gasteiger partial charge in [0.15, 0.2) is 0 Å². The van der Waals surface area contributed by atoms with Gasteiger partial charge in [-0.25, -0.2) is 4.79 Å². The first-order chi connectivity index (χ1) is 11.6. The molecule has 1 fully saturated rings. The molecule has 1 saturated heterocycles. The van der Waals surface area contributed by atoms with Crippen molar-refractivity contribution < 1.29 is 19.4 Å².